The standard InChI is InChI=1S/C16H19N3OS/c17-11-5-3-6-12-15(11)21-16(18-12)19-9-4-10-20-14-8-2-1-7-13(14)19/h1-2,7-8,11H,3-6,9-10,17H2. The zero-order chi connectivity index (χ0) is 14.2. The molecule has 0 bridgehead atoms. The molecule has 2 aliphatic rings. The van der Waals surface area contributed by atoms with Gasteiger partial charge < -0.3 is 15.4 Å². The number of ether oxygens (including phenoxy) is 1. The van der Waals surface area contributed by atoms with Crippen LogP contribution in [0, 0.1) is 0 Å². The first kappa shape index (κ1) is 13.1. The molecule has 0 radical (unpaired) electrons. The second kappa shape index (κ2) is 5.31. The van der Waals surface area contributed by atoms with E-state index in [2.05, 4.69) is 17.0 Å². The highest BCUT2D eigenvalue weighted by atomic mass is 32.1. The number of benzene rings is 1. The van der Waals surface area contributed by atoms with Crippen molar-refractivity contribution in [1.29, 1.82) is 0 Å². The molecule has 1 aromatic carbocycles. The molecule has 1 atom stereocenters. The molecule has 0 saturated heterocycles. The fourth-order valence-corrected chi connectivity index (χ4v) is 4.27. The van der Waals surface area contributed by atoms with Gasteiger partial charge in [0.15, 0.2) is 5.13 Å². The fourth-order valence-electron chi connectivity index (χ4n) is 3.08. The molecule has 110 valence electrons. The fraction of sp³-hybridized carbons (Fsp3) is 0.438. The topological polar surface area (TPSA) is 51.4 Å². The van der Waals surface area contributed by atoms with E-state index in [1.54, 1.807) is 11.3 Å². The highest BCUT2D eigenvalue weighted by Crippen LogP contribution is 2.41. The number of thiazole rings is 1. The molecule has 0 saturated carbocycles. The van der Waals surface area contributed by atoms with Crippen LogP contribution in [-0.2, 0) is 6.42 Å². The lowest BCUT2D eigenvalue weighted by molar-refractivity contribution is 0.322. The first-order valence-electron chi connectivity index (χ1n) is 7.57. The summed E-state index contributed by atoms with van der Waals surface area (Å²) in [6.45, 7) is 1.71. The Labute approximate surface area is 128 Å². The highest BCUT2D eigenvalue weighted by molar-refractivity contribution is 7.15. The van der Waals surface area contributed by atoms with E-state index in [1.807, 2.05) is 12.1 Å². The van der Waals surface area contributed by atoms with Crippen molar-refractivity contribution in [3.8, 4) is 5.75 Å². The quantitative estimate of drug-likeness (QED) is 0.877. The van der Waals surface area contributed by atoms with Crippen LogP contribution in [0.4, 0.5) is 10.8 Å². The number of aryl methyl sites for hydroxylation is 1. The Morgan fingerprint density at radius 3 is 3.10 bits per heavy atom. The van der Waals surface area contributed by atoms with Crippen LogP contribution >= 0.6 is 11.3 Å². The van der Waals surface area contributed by atoms with Crippen LogP contribution in [0.15, 0.2) is 24.3 Å². The average Bonchev–Trinajstić information content (AvgIpc) is 2.82. The van der Waals surface area contributed by atoms with Gasteiger partial charge >= 0.3 is 0 Å². The van der Waals surface area contributed by atoms with Crippen molar-refractivity contribution in [3.05, 3.63) is 34.8 Å². The van der Waals surface area contributed by atoms with Crippen LogP contribution in [-0.4, -0.2) is 18.1 Å². The van der Waals surface area contributed by atoms with Crippen molar-refractivity contribution in [3.63, 3.8) is 0 Å². The smallest absolute Gasteiger partial charge is 0.190 e. The maximum absolute atomic E-state index is 6.24. The average molecular weight is 301 g/mol. The van der Waals surface area contributed by atoms with Gasteiger partial charge in [-0.2, -0.15) is 0 Å². The van der Waals surface area contributed by atoms with Crippen LogP contribution in [0.1, 0.15) is 35.9 Å². The molecule has 2 heterocycles. The van der Waals surface area contributed by atoms with Crippen molar-refractivity contribution in [2.24, 2.45) is 5.73 Å². The van der Waals surface area contributed by atoms with Crippen LogP contribution in [0.5, 0.6) is 5.75 Å². The van der Waals surface area contributed by atoms with E-state index in [4.69, 9.17) is 15.5 Å². The molecule has 1 aromatic heterocycles. The molecule has 4 nitrogen and oxygen atoms in total. The molecule has 4 rings (SSSR count). The lowest BCUT2D eigenvalue weighted by Crippen LogP contribution is -2.17. The second-order valence-corrected chi connectivity index (χ2v) is 6.64. The van der Waals surface area contributed by atoms with Crippen LogP contribution < -0.4 is 15.4 Å². The number of nitrogens with zero attached hydrogens (tertiary/aromatic N) is 2. The molecule has 0 fully saturated rings. The van der Waals surface area contributed by atoms with Crippen LogP contribution in [0.3, 0.4) is 0 Å². The van der Waals surface area contributed by atoms with Gasteiger partial charge in [-0.05, 0) is 37.8 Å². The van der Waals surface area contributed by atoms with E-state index in [-0.39, 0.29) is 6.04 Å². The van der Waals surface area contributed by atoms with Gasteiger partial charge in [-0.3, -0.25) is 0 Å². The van der Waals surface area contributed by atoms with Gasteiger partial charge in [0.2, 0.25) is 0 Å². The third-order valence-corrected chi connectivity index (χ3v) is 5.40. The maximum atomic E-state index is 6.24. The van der Waals surface area contributed by atoms with E-state index >= 15 is 0 Å². The highest BCUT2D eigenvalue weighted by Gasteiger charge is 2.26. The zero-order valence-corrected chi connectivity index (χ0v) is 12.7. The zero-order valence-electron chi connectivity index (χ0n) is 11.9. The number of rotatable bonds is 1. The molecular weight excluding hydrogens is 282 g/mol. The summed E-state index contributed by atoms with van der Waals surface area (Å²) in [5, 5.41) is 1.07. The van der Waals surface area contributed by atoms with Crippen LogP contribution in [0.2, 0.25) is 0 Å². The normalized spacial score (nSPS) is 21.2. The van der Waals surface area contributed by atoms with E-state index < -0.39 is 0 Å². The number of hydrogen-bond acceptors (Lipinski definition) is 5. The summed E-state index contributed by atoms with van der Waals surface area (Å²) in [4.78, 5) is 8.44. The molecule has 0 spiro atoms. The number of hydrogen-bond donors (Lipinski definition) is 1. The number of para-hydroxylation sites is 2. The second-order valence-electron chi connectivity index (χ2n) is 5.63. The Morgan fingerprint density at radius 1 is 1.29 bits per heavy atom. The van der Waals surface area contributed by atoms with E-state index in [1.165, 1.54) is 10.6 Å². The summed E-state index contributed by atoms with van der Waals surface area (Å²) in [6.07, 6.45) is 4.29. The first-order valence-corrected chi connectivity index (χ1v) is 8.39. The number of aromatic nitrogens is 1. The third-order valence-electron chi connectivity index (χ3n) is 4.15. The Kier molecular flexibility index (Phi) is 3.31. The van der Waals surface area contributed by atoms with Gasteiger partial charge in [-0.1, -0.05) is 23.5 Å². The Hall–Kier alpha value is -1.59. The Balaban J connectivity index is 1.76. The van der Waals surface area contributed by atoms with Crippen LogP contribution in [0.25, 0.3) is 0 Å². The van der Waals surface area contributed by atoms with Crippen molar-refractivity contribution in [2.75, 3.05) is 18.1 Å². The summed E-state index contributed by atoms with van der Waals surface area (Å²) in [6, 6.07) is 8.39. The monoisotopic (exact) mass is 301 g/mol. The van der Waals surface area contributed by atoms with Gasteiger partial charge in [0.25, 0.3) is 0 Å². The summed E-state index contributed by atoms with van der Waals surface area (Å²) >= 11 is 1.76. The third kappa shape index (κ3) is 2.30. The molecule has 1 aliphatic carbocycles. The van der Waals surface area contributed by atoms with Crippen molar-refractivity contribution >= 4 is 22.2 Å². The molecule has 0 amide bonds. The molecule has 1 unspecified atom stereocenters. The predicted octanol–water partition coefficient (Wildman–Crippen LogP) is 3.40. The van der Waals surface area contributed by atoms with Crippen molar-refractivity contribution in [2.45, 2.75) is 31.7 Å². The van der Waals surface area contributed by atoms with Crippen molar-refractivity contribution in [1.82, 2.24) is 4.98 Å². The summed E-state index contributed by atoms with van der Waals surface area (Å²) in [7, 11) is 0. The minimum atomic E-state index is 0.165. The summed E-state index contributed by atoms with van der Waals surface area (Å²) in [5.74, 6) is 0.951. The summed E-state index contributed by atoms with van der Waals surface area (Å²) < 4.78 is 5.83. The van der Waals surface area contributed by atoms with Gasteiger partial charge in [-0.25, -0.2) is 4.98 Å². The minimum absolute atomic E-state index is 0.165. The molecule has 2 N–H and O–H groups in total. The number of fused-ring (bicyclic) bond motifs is 2. The molecular formula is C16H19N3OS. The van der Waals surface area contributed by atoms with Gasteiger partial charge in [0, 0.05) is 17.5 Å². The number of anilines is 2. The SMILES string of the molecule is NC1CCCc2nc(N3CCCOc4ccccc43)sc21. The Bertz CT molecular complexity index is 655. The largest absolute Gasteiger partial charge is 0.491 e. The molecule has 21 heavy (non-hydrogen) atoms. The lowest BCUT2D eigenvalue weighted by Gasteiger charge is -2.20. The van der Waals surface area contributed by atoms with E-state index in [0.717, 1.165) is 55.4 Å². The summed E-state index contributed by atoms with van der Waals surface area (Å²) in [5.41, 5.74) is 8.57. The lowest BCUT2D eigenvalue weighted by atomic mass is 9.99. The Morgan fingerprint density at radius 2 is 2.19 bits per heavy atom. The number of nitrogens with two attached hydrogens (primary N) is 1. The van der Waals surface area contributed by atoms with Gasteiger partial charge in [-0.15, -0.1) is 0 Å². The van der Waals surface area contributed by atoms with Crippen molar-refractivity contribution < 1.29 is 4.74 Å². The molecule has 5 heteroatoms. The minimum Gasteiger partial charge on any atom is -0.491 e. The van der Waals surface area contributed by atoms with Gasteiger partial charge in [0.1, 0.15) is 5.75 Å². The molecule has 1 aliphatic heterocycles. The first-order chi connectivity index (χ1) is 10.3. The molecule has 2 aromatic rings. The predicted molar refractivity (Wildman–Crippen MR) is 85.5 cm³/mol. The van der Waals surface area contributed by atoms with E-state index in [0.29, 0.717) is 0 Å². The van der Waals surface area contributed by atoms with E-state index in [9.17, 15) is 0 Å². The maximum Gasteiger partial charge on any atom is 0.190 e. The van der Waals surface area contributed by atoms with Gasteiger partial charge in [0.05, 0.1) is 18.0 Å².